The number of anilines is 1. The molecule has 0 aliphatic carbocycles. The summed E-state index contributed by atoms with van der Waals surface area (Å²) in [5, 5.41) is 3.41. The summed E-state index contributed by atoms with van der Waals surface area (Å²) in [6.07, 6.45) is -2.74. The molecule has 2 aromatic rings. The molecule has 0 atom stereocenters. The highest BCUT2D eigenvalue weighted by molar-refractivity contribution is 6.30. The van der Waals surface area contributed by atoms with Crippen LogP contribution in [0.4, 0.5) is 19.1 Å². The van der Waals surface area contributed by atoms with Gasteiger partial charge in [0.25, 0.3) is 0 Å². The van der Waals surface area contributed by atoms with Crippen LogP contribution in [0.15, 0.2) is 36.5 Å². The van der Waals surface area contributed by atoms with Gasteiger partial charge in [-0.15, -0.1) is 0 Å². The van der Waals surface area contributed by atoms with Gasteiger partial charge >= 0.3 is 6.18 Å². The third kappa shape index (κ3) is 4.09. The van der Waals surface area contributed by atoms with Crippen molar-refractivity contribution in [2.45, 2.75) is 12.6 Å². The maximum absolute atomic E-state index is 12.5. The molecular formula is C13H11ClF3N3. The monoisotopic (exact) mass is 301 g/mol. The van der Waals surface area contributed by atoms with Crippen LogP contribution in [0, 0.1) is 0 Å². The second-order valence-electron chi connectivity index (χ2n) is 4.07. The van der Waals surface area contributed by atoms with Crippen LogP contribution in [-0.4, -0.2) is 16.5 Å². The van der Waals surface area contributed by atoms with E-state index in [1.165, 1.54) is 0 Å². The van der Waals surface area contributed by atoms with Gasteiger partial charge in [-0.1, -0.05) is 23.7 Å². The molecule has 20 heavy (non-hydrogen) atoms. The molecule has 1 N–H and O–H groups in total. The quantitative estimate of drug-likeness (QED) is 0.933. The second-order valence-corrected chi connectivity index (χ2v) is 4.50. The summed E-state index contributed by atoms with van der Waals surface area (Å²) in [5.74, 6) is -0.0335. The van der Waals surface area contributed by atoms with Crippen molar-refractivity contribution in [2.24, 2.45) is 0 Å². The van der Waals surface area contributed by atoms with Crippen LogP contribution in [0.25, 0.3) is 0 Å². The Morgan fingerprint density at radius 3 is 2.45 bits per heavy atom. The van der Waals surface area contributed by atoms with E-state index >= 15 is 0 Å². The summed E-state index contributed by atoms with van der Waals surface area (Å²) in [5.41, 5.74) is 0.0652. The Labute approximate surface area is 118 Å². The van der Waals surface area contributed by atoms with Crippen LogP contribution in [0.2, 0.25) is 5.02 Å². The Morgan fingerprint density at radius 2 is 1.80 bits per heavy atom. The normalized spacial score (nSPS) is 11.4. The zero-order valence-corrected chi connectivity index (χ0v) is 11.0. The Kier molecular flexibility index (Phi) is 4.44. The molecule has 7 heteroatoms. The zero-order chi connectivity index (χ0) is 14.6. The van der Waals surface area contributed by atoms with Crippen molar-refractivity contribution in [3.05, 3.63) is 52.8 Å². The molecular weight excluding hydrogens is 291 g/mol. The fourth-order valence-electron chi connectivity index (χ4n) is 1.57. The van der Waals surface area contributed by atoms with Gasteiger partial charge in [0.2, 0.25) is 5.95 Å². The van der Waals surface area contributed by atoms with Crippen molar-refractivity contribution in [3.8, 4) is 0 Å². The number of hydrogen-bond acceptors (Lipinski definition) is 3. The van der Waals surface area contributed by atoms with Crippen molar-refractivity contribution in [1.82, 2.24) is 9.97 Å². The van der Waals surface area contributed by atoms with Gasteiger partial charge in [-0.05, 0) is 30.2 Å². The first-order valence-corrected chi connectivity index (χ1v) is 6.21. The average molecular weight is 302 g/mol. The molecule has 0 fully saturated rings. The van der Waals surface area contributed by atoms with Crippen molar-refractivity contribution in [2.75, 3.05) is 11.9 Å². The number of rotatable bonds is 4. The molecule has 106 valence electrons. The topological polar surface area (TPSA) is 37.8 Å². The Hall–Kier alpha value is -1.82. The van der Waals surface area contributed by atoms with E-state index < -0.39 is 11.9 Å². The molecule has 0 unspecified atom stereocenters. The van der Waals surface area contributed by atoms with E-state index in [-0.39, 0.29) is 5.95 Å². The number of nitrogens with one attached hydrogen (secondary N) is 1. The highest BCUT2D eigenvalue weighted by atomic mass is 35.5. The molecule has 0 aliphatic heterocycles. The lowest BCUT2D eigenvalue weighted by Crippen LogP contribution is -2.13. The fraction of sp³-hybridized carbons (Fsp3) is 0.231. The minimum Gasteiger partial charge on any atom is -0.354 e. The molecule has 0 radical (unpaired) electrons. The van der Waals surface area contributed by atoms with E-state index in [1.807, 2.05) is 12.1 Å². The molecule has 0 saturated heterocycles. The molecule has 1 aromatic heterocycles. The Balaban J connectivity index is 1.93. The first kappa shape index (κ1) is 14.6. The van der Waals surface area contributed by atoms with E-state index in [0.29, 0.717) is 18.0 Å². The largest absolute Gasteiger partial charge is 0.433 e. The van der Waals surface area contributed by atoms with E-state index in [9.17, 15) is 13.2 Å². The van der Waals surface area contributed by atoms with Crippen molar-refractivity contribution < 1.29 is 13.2 Å². The molecule has 2 rings (SSSR count). The summed E-state index contributed by atoms with van der Waals surface area (Å²) in [4.78, 5) is 7.18. The lowest BCUT2D eigenvalue weighted by atomic mass is 10.1. The Morgan fingerprint density at radius 1 is 1.10 bits per heavy atom. The Bertz CT molecular complexity index is 570. The third-order valence-electron chi connectivity index (χ3n) is 2.56. The number of nitrogens with zero attached hydrogens (tertiary/aromatic N) is 2. The van der Waals surface area contributed by atoms with Crippen LogP contribution in [0.1, 0.15) is 11.3 Å². The van der Waals surface area contributed by atoms with Crippen LogP contribution in [0.3, 0.4) is 0 Å². The van der Waals surface area contributed by atoms with Gasteiger partial charge in [-0.2, -0.15) is 13.2 Å². The molecule has 1 aromatic carbocycles. The molecule has 0 amide bonds. The molecule has 0 spiro atoms. The summed E-state index contributed by atoms with van der Waals surface area (Å²) < 4.78 is 37.4. The standard InChI is InChI=1S/C13H11ClF3N3/c14-10-3-1-9(2-4-10)5-7-18-12-19-8-6-11(20-12)13(15,16)17/h1-4,6,8H,5,7H2,(H,18,19,20). The van der Waals surface area contributed by atoms with Gasteiger partial charge in [0, 0.05) is 17.8 Å². The predicted molar refractivity (Wildman–Crippen MR) is 70.7 cm³/mol. The first-order chi connectivity index (χ1) is 9.45. The molecule has 0 bridgehead atoms. The van der Waals surface area contributed by atoms with Crippen molar-refractivity contribution in [3.63, 3.8) is 0 Å². The molecule has 0 saturated carbocycles. The summed E-state index contributed by atoms with van der Waals surface area (Å²) in [7, 11) is 0. The SMILES string of the molecule is FC(F)(F)c1ccnc(NCCc2ccc(Cl)cc2)n1. The molecule has 0 aliphatic rings. The highest BCUT2D eigenvalue weighted by Gasteiger charge is 2.32. The fourth-order valence-corrected chi connectivity index (χ4v) is 1.70. The zero-order valence-electron chi connectivity index (χ0n) is 10.3. The van der Waals surface area contributed by atoms with Gasteiger partial charge in [-0.25, -0.2) is 9.97 Å². The lowest BCUT2D eigenvalue weighted by molar-refractivity contribution is -0.141. The van der Waals surface area contributed by atoms with E-state index in [0.717, 1.165) is 17.8 Å². The summed E-state index contributed by atoms with van der Waals surface area (Å²) in [6.45, 7) is 0.433. The van der Waals surface area contributed by atoms with Crippen molar-refractivity contribution >= 4 is 17.5 Å². The smallest absolute Gasteiger partial charge is 0.354 e. The molecule has 3 nitrogen and oxygen atoms in total. The van der Waals surface area contributed by atoms with Gasteiger partial charge in [-0.3, -0.25) is 0 Å². The van der Waals surface area contributed by atoms with Gasteiger partial charge in [0.05, 0.1) is 0 Å². The lowest BCUT2D eigenvalue weighted by Gasteiger charge is -2.08. The first-order valence-electron chi connectivity index (χ1n) is 5.84. The number of benzene rings is 1. The van der Waals surface area contributed by atoms with Gasteiger partial charge < -0.3 is 5.32 Å². The average Bonchev–Trinajstić information content (AvgIpc) is 2.40. The third-order valence-corrected chi connectivity index (χ3v) is 2.81. The maximum atomic E-state index is 12.5. The number of hydrogen-bond donors (Lipinski definition) is 1. The minimum atomic E-state index is -4.46. The highest BCUT2D eigenvalue weighted by Crippen LogP contribution is 2.27. The summed E-state index contributed by atoms with van der Waals surface area (Å²) >= 11 is 5.76. The number of halogens is 4. The van der Waals surface area contributed by atoms with Crippen molar-refractivity contribution in [1.29, 1.82) is 0 Å². The van der Waals surface area contributed by atoms with Crippen LogP contribution in [0.5, 0.6) is 0 Å². The minimum absolute atomic E-state index is 0.0335. The number of aromatic nitrogens is 2. The predicted octanol–water partition coefficient (Wildman–Crippen LogP) is 3.80. The molecule has 1 heterocycles. The van der Waals surface area contributed by atoms with E-state index in [4.69, 9.17) is 11.6 Å². The number of alkyl halides is 3. The van der Waals surface area contributed by atoms with Gasteiger partial charge in [0.1, 0.15) is 5.69 Å². The van der Waals surface area contributed by atoms with E-state index in [2.05, 4.69) is 15.3 Å². The van der Waals surface area contributed by atoms with Crippen LogP contribution < -0.4 is 5.32 Å². The summed E-state index contributed by atoms with van der Waals surface area (Å²) in [6, 6.07) is 8.08. The van der Waals surface area contributed by atoms with Gasteiger partial charge in [0.15, 0.2) is 0 Å². The van der Waals surface area contributed by atoms with Crippen LogP contribution in [-0.2, 0) is 12.6 Å². The maximum Gasteiger partial charge on any atom is 0.433 e. The van der Waals surface area contributed by atoms with E-state index in [1.54, 1.807) is 12.1 Å². The van der Waals surface area contributed by atoms with Crippen LogP contribution >= 0.6 is 11.6 Å². The second kappa shape index (κ2) is 6.09.